The van der Waals surface area contributed by atoms with Gasteiger partial charge >= 0.3 is 0 Å². The van der Waals surface area contributed by atoms with Crippen LogP contribution in [0.15, 0.2) is 76.0 Å². The molecule has 6 nitrogen and oxygen atoms in total. The molecule has 3 aromatic rings. The van der Waals surface area contributed by atoms with E-state index in [4.69, 9.17) is 9.56 Å². The summed E-state index contributed by atoms with van der Waals surface area (Å²) in [5, 5.41) is 7.99. The van der Waals surface area contributed by atoms with E-state index in [1.807, 2.05) is 49.4 Å². The minimum atomic E-state index is -3.72. The Bertz CT molecular complexity index is 1040. The molecule has 0 saturated carbocycles. The maximum Gasteiger partial charge on any atom is 0.238 e. The molecule has 28 heavy (non-hydrogen) atoms. The molecule has 7 heteroatoms. The Morgan fingerprint density at radius 3 is 2.36 bits per heavy atom. The number of sulfonamides is 1. The first-order valence-corrected chi connectivity index (χ1v) is 10.4. The van der Waals surface area contributed by atoms with Crippen LogP contribution in [-0.2, 0) is 21.2 Å². The lowest BCUT2D eigenvalue weighted by molar-refractivity contribution is -0.121. The van der Waals surface area contributed by atoms with Gasteiger partial charge in [-0.25, -0.2) is 13.6 Å². The van der Waals surface area contributed by atoms with Crippen molar-refractivity contribution >= 4 is 15.9 Å². The summed E-state index contributed by atoms with van der Waals surface area (Å²) in [6.45, 7) is 1.84. The predicted molar refractivity (Wildman–Crippen MR) is 107 cm³/mol. The highest BCUT2D eigenvalue weighted by Crippen LogP contribution is 2.22. The quantitative estimate of drug-likeness (QED) is 0.637. The second-order valence-electron chi connectivity index (χ2n) is 6.54. The van der Waals surface area contributed by atoms with Crippen molar-refractivity contribution in [3.63, 3.8) is 0 Å². The lowest BCUT2D eigenvalue weighted by Crippen LogP contribution is -2.26. The number of benzene rings is 2. The van der Waals surface area contributed by atoms with Crippen molar-refractivity contribution < 1.29 is 17.6 Å². The van der Waals surface area contributed by atoms with Crippen molar-refractivity contribution in [2.45, 2.75) is 30.7 Å². The molecular weight excluding hydrogens is 376 g/mol. The summed E-state index contributed by atoms with van der Waals surface area (Å²) in [5.74, 6) is 1.42. The van der Waals surface area contributed by atoms with Crippen molar-refractivity contribution in [3.8, 4) is 11.3 Å². The number of primary sulfonamides is 1. The molecule has 3 rings (SSSR count). The van der Waals surface area contributed by atoms with Crippen molar-refractivity contribution in [2.24, 2.45) is 5.14 Å². The van der Waals surface area contributed by atoms with Crippen molar-refractivity contribution in [1.82, 2.24) is 5.32 Å². The third-order valence-corrected chi connectivity index (χ3v) is 5.33. The monoisotopic (exact) mass is 398 g/mol. The Morgan fingerprint density at radius 2 is 1.71 bits per heavy atom. The van der Waals surface area contributed by atoms with E-state index >= 15 is 0 Å². The van der Waals surface area contributed by atoms with E-state index in [9.17, 15) is 13.2 Å². The molecule has 0 fully saturated rings. The lowest BCUT2D eigenvalue weighted by atomic mass is 10.1. The normalized spacial score (nSPS) is 12.5. The number of rotatable bonds is 7. The van der Waals surface area contributed by atoms with Crippen molar-refractivity contribution in [3.05, 3.63) is 78.1 Å². The Labute approximate surface area is 164 Å². The summed E-state index contributed by atoms with van der Waals surface area (Å²) in [6.07, 6.45) is 0.789. The van der Waals surface area contributed by atoms with Gasteiger partial charge < -0.3 is 9.73 Å². The molecule has 1 amide bonds. The summed E-state index contributed by atoms with van der Waals surface area (Å²) in [4.78, 5) is 12.3. The van der Waals surface area contributed by atoms with Gasteiger partial charge in [-0.2, -0.15) is 0 Å². The molecule has 0 saturated heterocycles. The van der Waals surface area contributed by atoms with Crippen LogP contribution in [0.5, 0.6) is 0 Å². The number of hydrogen-bond donors (Lipinski definition) is 2. The number of furan rings is 1. The number of amides is 1. The van der Waals surface area contributed by atoms with Gasteiger partial charge in [0.1, 0.15) is 11.5 Å². The van der Waals surface area contributed by atoms with Gasteiger partial charge in [0.2, 0.25) is 15.9 Å². The molecule has 0 aliphatic rings. The number of carbonyl (C=O) groups is 1. The van der Waals surface area contributed by atoms with E-state index in [0.29, 0.717) is 12.8 Å². The van der Waals surface area contributed by atoms with E-state index in [-0.39, 0.29) is 16.8 Å². The summed E-state index contributed by atoms with van der Waals surface area (Å²) in [7, 11) is -3.72. The fourth-order valence-electron chi connectivity index (χ4n) is 2.85. The standard InChI is InChI=1S/C21H22N2O4S/c1-15(16-7-11-19(12-8-16)28(22,25)26)23-21(24)14-10-18-9-13-20(27-18)17-5-3-2-4-6-17/h2-9,11-13,15H,10,14H2,1H3,(H,23,24)(H2,22,25,26). The molecule has 3 N–H and O–H groups in total. The average Bonchev–Trinajstić information content (AvgIpc) is 3.15. The highest BCUT2D eigenvalue weighted by molar-refractivity contribution is 7.89. The van der Waals surface area contributed by atoms with Crippen LogP contribution in [0.2, 0.25) is 0 Å². The second kappa shape index (κ2) is 8.41. The number of carbonyl (C=O) groups excluding carboxylic acids is 1. The van der Waals surface area contributed by atoms with E-state index in [1.165, 1.54) is 12.1 Å². The van der Waals surface area contributed by atoms with Crippen LogP contribution in [0.25, 0.3) is 11.3 Å². The van der Waals surface area contributed by atoms with Crippen LogP contribution in [-0.4, -0.2) is 14.3 Å². The van der Waals surface area contributed by atoms with Gasteiger partial charge in [-0.3, -0.25) is 4.79 Å². The van der Waals surface area contributed by atoms with Gasteiger partial charge in [-0.05, 0) is 36.8 Å². The van der Waals surface area contributed by atoms with Crippen LogP contribution in [0, 0.1) is 0 Å². The Morgan fingerprint density at radius 1 is 1.04 bits per heavy atom. The number of hydrogen-bond acceptors (Lipinski definition) is 4. The van der Waals surface area contributed by atoms with Gasteiger partial charge in [0.25, 0.3) is 0 Å². The van der Waals surface area contributed by atoms with Crippen LogP contribution >= 0.6 is 0 Å². The summed E-state index contributed by atoms with van der Waals surface area (Å²) >= 11 is 0. The zero-order valence-electron chi connectivity index (χ0n) is 15.5. The first-order valence-electron chi connectivity index (χ1n) is 8.89. The van der Waals surface area contributed by atoms with E-state index in [0.717, 1.165) is 22.6 Å². The Balaban J connectivity index is 1.54. The zero-order valence-corrected chi connectivity index (χ0v) is 16.3. The number of aryl methyl sites for hydroxylation is 1. The van der Waals surface area contributed by atoms with E-state index < -0.39 is 10.0 Å². The van der Waals surface area contributed by atoms with Crippen LogP contribution in [0.1, 0.15) is 30.7 Å². The van der Waals surface area contributed by atoms with Crippen LogP contribution < -0.4 is 10.5 Å². The fraction of sp³-hybridized carbons (Fsp3) is 0.190. The molecule has 2 aromatic carbocycles. The summed E-state index contributed by atoms with van der Waals surface area (Å²) in [6, 6.07) is 19.5. The SMILES string of the molecule is CC(NC(=O)CCc1ccc(-c2ccccc2)o1)c1ccc(S(N)(=O)=O)cc1. The van der Waals surface area contributed by atoms with Crippen LogP contribution in [0.3, 0.4) is 0 Å². The Kier molecular flexibility index (Phi) is 5.96. The van der Waals surface area contributed by atoms with E-state index in [2.05, 4.69) is 5.32 Å². The number of nitrogens with two attached hydrogens (primary N) is 1. The minimum absolute atomic E-state index is 0.0433. The minimum Gasteiger partial charge on any atom is -0.461 e. The van der Waals surface area contributed by atoms with Gasteiger partial charge in [0.15, 0.2) is 0 Å². The smallest absolute Gasteiger partial charge is 0.238 e. The van der Waals surface area contributed by atoms with Gasteiger partial charge in [-0.15, -0.1) is 0 Å². The molecule has 0 radical (unpaired) electrons. The van der Waals surface area contributed by atoms with Gasteiger partial charge in [-0.1, -0.05) is 42.5 Å². The molecule has 0 bridgehead atoms. The second-order valence-corrected chi connectivity index (χ2v) is 8.10. The highest BCUT2D eigenvalue weighted by atomic mass is 32.2. The third-order valence-electron chi connectivity index (χ3n) is 4.40. The fourth-order valence-corrected chi connectivity index (χ4v) is 3.37. The topological polar surface area (TPSA) is 102 Å². The largest absolute Gasteiger partial charge is 0.461 e. The first kappa shape index (κ1) is 19.9. The molecule has 1 aromatic heterocycles. The maximum absolute atomic E-state index is 12.2. The predicted octanol–water partition coefficient (Wildman–Crippen LogP) is 3.40. The molecule has 0 aliphatic carbocycles. The van der Waals surface area contributed by atoms with Crippen LogP contribution in [0.4, 0.5) is 0 Å². The van der Waals surface area contributed by atoms with Crippen molar-refractivity contribution in [2.75, 3.05) is 0 Å². The summed E-state index contributed by atoms with van der Waals surface area (Å²) < 4.78 is 28.4. The first-order chi connectivity index (χ1) is 13.3. The molecule has 0 aliphatic heterocycles. The molecule has 1 atom stereocenters. The maximum atomic E-state index is 12.2. The molecular formula is C21H22N2O4S. The van der Waals surface area contributed by atoms with Gasteiger partial charge in [0, 0.05) is 18.4 Å². The average molecular weight is 398 g/mol. The van der Waals surface area contributed by atoms with E-state index in [1.54, 1.807) is 12.1 Å². The van der Waals surface area contributed by atoms with Crippen molar-refractivity contribution in [1.29, 1.82) is 0 Å². The molecule has 1 heterocycles. The third kappa shape index (κ3) is 5.09. The number of nitrogens with one attached hydrogen (secondary N) is 1. The summed E-state index contributed by atoms with van der Waals surface area (Å²) in [5.41, 5.74) is 1.79. The lowest BCUT2D eigenvalue weighted by Gasteiger charge is -2.14. The highest BCUT2D eigenvalue weighted by Gasteiger charge is 2.13. The molecule has 146 valence electrons. The Hall–Kier alpha value is -2.90. The molecule has 0 spiro atoms. The van der Waals surface area contributed by atoms with Gasteiger partial charge in [0.05, 0.1) is 10.9 Å². The zero-order chi connectivity index (χ0) is 20.1. The molecule has 1 unspecified atom stereocenters.